The fourth-order valence-corrected chi connectivity index (χ4v) is 3.01. The highest BCUT2D eigenvalue weighted by Crippen LogP contribution is 2.22. The first-order valence-corrected chi connectivity index (χ1v) is 9.43. The van der Waals surface area contributed by atoms with Crippen LogP contribution in [0.4, 0.5) is 0 Å². The molecule has 6 heteroatoms. The van der Waals surface area contributed by atoms with E-state index in [0.717, 1.165) is 11.3 Å². The van der Waals surface area contributed by atoms with Gasteiger partial charge in [-0.2, -0.15) is 0 Å². The summed E-state index contributed by atoms with van der Waals surface area (Å²) in [5.74, 6) is -0.184. The predicted octanol–water partition coefficient (Wildman–Crippen LogP) is 4.28. The molecule has 0 aliphatic heterocycles. The number of methoxy groups -OCH3 is 1. The van der Waals surface area contributed by atoms with Crippen molar-refractivity contribution in [3.63, 3.8) is 0 Å². The number of benzene rings is 1. The minimum absolute atomic E-state index is 0.0525. The van der Waals surface area contributed by atoms with Crippen LogP contribution in [0.3, 0.4) is 0 Å². The van der Waals surface area contributed by atoms with Gasteiger partial charge in [-0.3, -0.25) is 4.79 Å². The largest absolute Gasteiger partial charge is 0.497 e. The number of amides is 1. The fourth-order valence-electron chi connectivity index (χ4n) is 3.01. The van der Waals surface area contributed by atoms with Crippen molar-refractivity contribution in [1.29, 1.82) is 0 Å². The average Bonchev–Trinajstić information content (AvgIpc) is 3.09. The summed E-state index contributed by atoms with van der Waals surface area (Å²) in [6.45, 7) is 9.02. The van der Waals surface area contributed by atoms with E-state index < -0.39 is 5.97 Å². The van der Waals surface area contributed by atoms with Crippen LogP contribution < -0.4 is 4.74 Å². The van der Waals surface area contributed by atoms with Crippen LogP contribution >= 0.6 is 0 Å². The molecule has 1 N–H and O–H groups in total. The van der Waals surface area contributed by atoms with Crippen LogP contribution in [-0.2, 0) is 12.8 Å². The Labute approximate surface area is 166 Å². The second kappa shape index (κ2) is 8.95. The number of hydrogen-bond donors (Lipinski definition) is 1. The zero-order valence-corrected chi connectivity index (χ0v) is 17.2. The maximum Gasteiger partial charge on any atom is 0.339 e. The van der Waals surface area contributed by atoms with Gasteiger partial charge in [0.2, 0.25) is 0 Å². The van der Waals surface area contributed by atoms with E-state index in [1.807, 2.05) is 24.3 Å². The monoisotopic (exact) mass is 387 g/mol. The number of ether oxygens (including phenoxy) is 1. The first-order chi connectivity index (χ1) is 13.1. The lowest BCUT2D eigenvalue weighted by atomic mass is 9.95. The summed E-state index contributed by atoms with van der Waals surface area (Å²) in [6.07, 6.45) is 1.10. The van der Waals surface area contributed by atoms with Gasteiger partial charge in [-0.25, -0.2) is 4.79 Å². The van der Waals surface area contributed by atoms with Crippen LogP contribution in [0.2, 0.25) is 0 Å². The molecule has 1 heterocycles. The van der Waals surface area contributed by atoms with Crippen molar-refractivity contribution < 1.29 is 23.8 Å². The number of nitrogens with zero attached hydrogens (tertiary/aromatic N) is 1. The highest BCUT2D eigenvalue weighted by Gasteiger charge is 2.27. The molecule has 0 aliphatic carbocycles. The Morgan fingerprint density at radius 1 is 1.18 bits per heavy atom. The first-order valence-electron chi connectivity index (χ1n) is 9.43. The molecule has 0 aliphatic rings. The summed E-state index contributed by atoms with van der Waals surface area (Å²) in [6, 6.07) is 9.08. The molecule has 2 rings (SSSR count). The minimum atomic E-state index is -1.08. The van der Waals surface area contributed by atoms with Gasteiger partial charge in [-0.15, -0.1) is 0 Å². The van der Waals surface area contributed by atoms with Crippen LogP contribution in [0.5, 0.6) is 5.75 Å². The third-order valence-corrected chi connectivity index (χ3v) is 4.35. The first kappa shape index (κ1) is 21.5. The van der Waals surface area contributed by atoms with E-state index in [4.69, 9.17) is 9.15 Å². The van der Waals surface area contributed by atoms with Crippen LogP contribution in [-0.4, -0.2) is 42.1 Å². The van der Waals surface area contributed by atoms with Crippen LogP contribution in [0, 0.1) is 5.41 Å². The van der Waals surface area contributed by atoms with Gasteiger partial charge < -0.3 is 19.2 Å². The van der Waals surface area contributed by atoms with Crippen LogP contribution in [0.25, 0.3) is 0 Å². The van der Waals surface area contributed by atoms with Crippen molar-refractivity contribution in [2.45, 2.75) is 40.5 Å². The topological polar surface area (TPSA) is 80.0 Å². The maximum atomic E-state index is 13.1. The van der Waals surface area contributed by atoms with Gasteiger partial charge in [-0.05, 0) is 29.5 Å². The van der Waals surface area contributed by atoms with E-state index >= 15 is 0 Å². The molecule has 1 aromatic carbocycles. The summed E-state index contributed by atoms with van der Waals surface area (Å²) in [7, 11) is 1.62. The third kappa shape index (κ3) is 5.62. The second-order valence-corrected chi connectivity index (χ2v) is 7.99. The van der Waals surface area contributed by atoms with Gasteiger partial charge in [0.1, 0.15) is 17.1 Å². The van der Waals surface area contributed by atoms with E-state index in [2.05, 4.69) is 20.8 Å². The van der Waals surface area contributed by atoms with E-state index in [1.165, 1.54) is 6.07 Å². The number of carboxylic acid groups (broad SMARTS) is 1. The van der Waals surface area contributed by atoms with Crippen molar-refractivity contribution in [1.82, 2.24) is 4.90 Å². The Bertz CT molecular complexity index is 814. The van der Waals surface area contributed by atoms with Crippen molar-refractivity contribution in [2.24, 2.45) is 5.41 Å². The zero-order chi connectivity index (χ0) is 20.9. The van der Waals surface area contributed by atoms with E-state index in [9.17, 15) is 14.7 Å². The van der Waals surface area contributed by atoms with E-state index in [0.29, 0.717) is 31.7 Å². The molecule has 0 atom stereocenters. The predicted molar refractivity (Wildman–Crippen MR) is 107 cm³/mol. The Morgan fingerprint density at radius 3 is 2.29 bits per heavy atom. The number of furan rings is 1. The van der Waals surface area contributed by atoms with Crippen molar-refractivity contribution in [3.8, 4) is 5.75 Å². The quantitative estimate of drug-likeness (QED) is 0.731. The number of hydrogen-bond acceptors (Lipinski definition) is 4. The lowest BCUT2D eigenvalue weighted by Gasteiger charge is -2.29. The SMILES string of the molecule is CCc1oc(C(=O)N(CCc2ccc(OC)cc2)CC(C)(C)C)cc1C(=O)O. The second-order valence-electron chi connectivity index (χ2n) is 7.99. The Kier molecular flexibility index (Phi) is 6.89. The minimum Gasteiger partial charge on any atom is -0.497 e. The van der Waals surface area contributed by atoms with Crippen molar-refractivity contribution >= 4 is 11.9 Å². The molecule has 1 amide bonds. The summed E-state index contributed by atoms with van der Waals surface area (Å²) >= 11 is 0. The smallest absolute Gasteiger partial charge is 0.339 e. The van der Waals surface area contributed by atoms with Gasteiger partial charge in [-0.1, -0.05) is 39.8 Å². The molecular formula is C22H29NO5. The average molecular weight is 387 g/mol. The standard InChI is InChI=1S/C22H29NO5/c1-6-18-17(21(25)26)13-19(28-18)20(24)23(14-22(2,3)4)12-11-15-7-9-16(27-5)10-8-15/h7-10,13H,6,11-12,14H2,1-5H3,(H,25,26). The van der Waals surface area contributed by atoms with Crippen LogP contribution in [0.15, 0.2) is 34.7 Å². The third-order valence-electron chi connectivity index (χ3n) is 4.35. The molecule has 2 aromatic rings. The maximum absolute atomic E-state index is 13.1. The number of carbonyl (C=O) groups is 2. The van der Waals surface area contributed by atoms with Gasteiger partial charge in [0.25, 0.3) is 5.91 Å². The van der Waals surface area contributed by atoms with Gasteiger partial charge >= 0.3 is 5.97 Å². The van der Waals surface area contributed by atoms with Gasteiger partial charge in [0.05, 0.1) is 7.11 Å². The summed E-state index contributed by atoms with van der Waals surface area (Å²) in [5.41, 5.74) is 1.04. The van der Waals surface area contributed by atoms with Gasteiger partial charge in [0, 0.05) is 25.6 Å². The van der Waals surface area contributed by atoms with Gasteiger partial charge in [0.15, 0.2) is 5.76 Å². The molecule has 6 nitrogen and oxygen atoms in total. The number of carbonyl (C=O) groups excluding carboxylic acids is 1. The number of carboxylic acids is 1. The molecule has 0 spiro atoms. The molecule has 0 fully saturated rings. The van der Waals surface area contributed by atoms with E-state index in [1.54, 1.807) is 18.9 Å². The molecule has 0 bridgehead atoms. The summed E-state index contributed by atoms with van der Waals surface area (Å²) in [4.78, 5) is 26.2. The zero-order valence-electron chi connectivity index (χ0n) is 17.2. The Hall–Kier alpha value is -2.76. The molecule has 0 radical (unpaired) electrons. The van der Waals surface area contributed by atoms with Crippen molar-refractivity contribution in [2.75, 3.05) is 20.2 Å². The van der Waals surface area contributed by atoms with E-state index in [-0.39, 0.29) is 22.6 Å². The molecule has 0 unspecified atom stereocenters. The molecule has 1 aromatic heterocycles. The van der Waals surface area contributed by atoms with Crippen molar-refractivity contribution in [3.05, 3.63) is 53.0 Å². The molecule has 28 heavy (non-hydrogen) atoms. The highest BCUT2D eigenvalue weighted by molar-refractivity contribution is 5.96. The van der Waals surface area contributed by atoms with Crippen LogP contribution in [0.1, 0.15) is 59.9 Å². The summed E-state index contributed by atoms with van der Waals surface area (Å²) in [5, 5.41) is 9.32. The highest BCUT2D eigenvalue weighted by atomic mass is 16.5. The lowest BCUT2D eigenvalue weighted by Crippen LogP contribution is -2.39. The molecule has 0 saturated carbocycles. The Balaban J connectivity index is 2.21. The number of aromatic carboxylic acids is 1. The molecule has 0 saturated heterocycles. The molecule has 152 valence electrons. The summed E-state index contributed by atoms with van der Waals surface area (Å²) < 4.78 is 10.8. The lowest BCUT2D eigenvalue weighted by molar-refractivity contribution is 0.0661. The number of aryl methyl sites for hydroxylation is 1. The molecular weight excluding hydrogens is 358 g/mol. The fraction of sp³-hybridized carbons (Fsp3) is 0.455. The number of rotatable bonds is 8. The Morgan fingerprint density at radius 2 is 1.82 bits per heavy atom. The normalized spacial score (nSPS) is 11.3.